The van der Waals surface area contributed by atoms with Gasteiger partial charge in [0.05, 0.1) is 7.11 Å². The molecule has 0 saturated carbocycles. The van der Waals surface area contributed by atoms with Crippen LogP contribution in [-0.4, -0.2) is 31.2 Å². The third-order valence-corrected chi connectivity index (χ3v) is 2.90. The van der Waals surface area contributed by atoms with Crippen molar-refractivity contribution in [3.05, 3.63) is 23.9 Å². The summed E-state index contributed by atoms with van der Waals surface area (Å²) in [5.74, 6) is 0.670. The molecule has 0 amide bonds. The number of nitrogens with zero attached hydrogens (tertiary/aromatic N) is 1. The van der Waals surface area contributed by atoms with E-state index in [-0.39, 0.29) is 0 Å². The molecule has 88 valence electrons. The fourth-order valence-electron chi connectivity index (χ4n) is 1.92. The maximum atomic E-state index is 5.02. The van der Waals surface area contributed by atoms with Crippen molar-refractivity contribution in [1.82, 2.24) is 15.6 Å². The first-order valence-electron chi connectivity index (χ1n) is 5.81. The van der Waals surface area contributed by atoms with Crippen LogP contribution in [0.4, 0.5) is 0 Å². The average Bonchev–Trinajstić information content (AvgIpc) is 2.38. The number of ether oxygens (including phenoxy) is 1. The first-order chi connectivity index (χ1) is 7.88. The van der Waals surface area contributed by atoms with Gasteiger partial charge in [0.25, 0.3) is 0 Å². The molecule has 0 bridgehead atoms. The van der Waals surface area contributed by atoms with Gasteiger partial charge in [0.2, 0.25) is 5.88 Å². The van der Waals surface area contributed by atoms with Gasteiger partial charge < -0.3 is 15.4 Å². The van der Waals surface area contributed by atoms with Crippen LogP contribution in [0.3, 0.4) is 0 Å². The van der Waals surface area contributed by atoms with Gasteiger partial charge >= 0.3 is 0 Å². The van der Waals surface area contributed by atoms with E-state index in [0.29, 0.717) is 11.9 Å². The molecule has 1 fully saturated rings. The molecule has 0 aromatic carbocycles. The van der Waals surface area contributed by atoms with Crippen LogP contribution in [0.1, 0.15) is 18.4 Å². The lowest BCUT2D eigenvalue weighted by molar-refractivity contribution is 0.387. The Balaban J connectivity index is 1.79. The van der Waals surface area contributed by atoms with Crippen molar-refractivity contribution in [2.75, 3.05) is 20.2 Å². The molecule has 2 heterocycles. The smallest absolute Gasteiger partial charge is 0.212 e. The highest BCUT2D eigenvalue weighted by molar-refractivity contribution is 5.17. The monoisotopic (exact) mass is 221 g/mol. The Morgan fingerprint density at radius 2 is 2.50 bits per heavy atom. The zero-order valence-corrected chi connectivity index (χ0v) is 9.70. The first kappa shape index (κ1) is 11.4. The van der Waals surface area contributed by atoms with Crippen molar-refractivity contribution in [2.45, 2.75) is 25.4 Å². The van der Waals surface area contributed by atoms with Crippen molar-refractivity contribution >= 4 is 0 Å². The molecule has 16 heavy (non-hydrogen) atoms. The molecule has 1 unspecified atom stereocenters. The molecular weight excluding hydrogens is 202 g/mol. The van der Waals surface area contributed by atoms with Crippen LogP contribution in [0.2, 0.25) is 0 Å². The first-order valence-corrected chi connectivity index (χ1v) is 5.81. The lowest BCUT2D eigenvalue weighted by atomic mass is 10.1. The minimum absolute atomic E-state index is 0.593. The predicted molar refractivity (Wildman–Crippen MR) is 63.5 cm³/mol. The maximum absolute atomic E-state index is 5.02. The fourth-order valence-corrected chi connectivity index (χ4v) is 1.92. The largest absolute Gasteiger partial charge is 0.481 e. The third kappa shape index (κ3) is 3.18. The predicted octanol–water partition coefficient (Wildman–Crippen LogP) is 0.932. The summed E-state index contributed by atoms with van der Waals surface area (Å²) in [6.07, 6.45) is 4.39. The molecule has 1 aromatic heterocycles. The van der Waals surface area contributed by atoms with E-state index in [1.807, 2.05) is 12.3 Å². The molecule has 1 aliphatic heterocycles. The number of hydrogen-bond donors (Lipinski definition) is 2. The SMILES string of the molecule is COc1ccc(CNC2CCCNC2)cn1. The Kier molecular flexibility index (Phi) is 4.13. The topological polar surface area (TPSA) is 46.2 Å². The Labute approximate surface area is 96.4 Å². The van der Waals surface area contributed by atoms with E-state index in [1.165, 1.54) is 18.4 Å². The van der Waals surface area contributed by atoms with E-state index in [0.717, 1.165) is 19.6 Å². The third-order valence-electron chi connectivity index (χ3n) is 2.90. The Morgan fingerprint density at radius 3 is 3.12 bits per heavy atom. The summed E-state index contributed by atoms with van der Waals surface area (Å²) in [4.78, 5) is 4.18. The van der Waals surface area contributed by atoms with E-state index >= 15 is 0 Å². The van der Waals surface area contributed by atoms with Crippen LogP contribution in [0.25, 0.3) is 0 Å². The highest BCUT2D eigenvalue weighted by atomic mass is 16.5. The van der Waals surface area contributed by atoms with E-state index in [1.54, 1.807) is 7.11 Å². The van der Waals surface area contributed by atoms with Crippen LogP contribution in [-0.2, 0) is 6.54 Å². The molecule has 4 nitrogen and oxygen atoms in total. The molecular formula is C12H19N3O. The van der Waals surface area contributed by atoms with E-state index < -0.39 is 0 Å². The summed E-state index contributed by atoms with van der Waals surface area (Å²) < 4.78 is 5.02. The van der Waals surface area contributed by atoms with Crippen molar-refractivity contribution in [3.63, 3.8) is 0 Å². The fraction of sp³-hybridized carbons (Fsp3) is 0.583. The van der Waals surface area contributed by atoms with Gasteiger partial charge in [0, 0.05) is 31.4 Å². The Hall–Kier alpha value is -1.13. The van der Waals surface area contributed by atoms with E-state index in [9.17, 15) is 0 Å². The highest BCUT2D eigenvalue weighted by Gasteiger charge is 2.11. The van der Waals surface area contributed by atoms with Gasteiger partial charge in [-0.25, -0.2) is 4.98 Å². The van der Waals surface area contributed by atoms with Gasteiger partial charge in [-0.1, -0.05) is 6.07 Å². The molecule has 1 aliphatic rings. The van der Waals surface area contributed by atoms with Gasteiger partial charge in [-0.15, -0.1) is 0 Å². The van der Waals surface area contributed by atoms with Crippen molar-refractivity contribution in [1.29, 1.82) is 0 Å². The molecule has 1 atom stereocenters. The molecule has 0 spiro atoms. The van der Waals surface area contributed by atoms with E-state index in [4.69, 9.17) is 4.74 Å². The van der Waals surface area contributed by atoms with Gasteiger partial charge in [-0.2, -0.15) is 0 Å². The number of pyridine rings is 1. The minimum atomic E-state index is 0.593. The van der Waals surface area contributed by atoms with Gasteiger partial charge in [0.15, 0.2) is 0 Å². The summed E-state index contributed by atoms with van der Waals surface area (Å²) in [7, 11) is 1.63. The summed E-state index contributed by atoms with van der Waals surface area (Å²) in [5, 5.41) is 6.92. The number of nitrogens with one attached hydrogen (secondary N) is 2. The van der Waals surface area contributed by atoms with Crippen molar-refractivity contribution < 1.29 is 4.74 Å². The van der Waals surface area contributed by atoms with Crippen molar-refractivity contribution in [3.8, 4) is 5.88 Å². The molecule has 0 aliphatic carbocycles. The highest BCUT2D eigenvalue weighted by Crippen LogP contribution is 2.07. The van der Waals surface area contributed by atoms with Crippen molar-refractivity contribution in [2.24, 2.45) is 0 Å². The molecule has 4 heteroatoms. The van der Waals surface area contributed by atoms with Crippen LogP contribution in [0, 0.1) is 0 Å². The van der Waals surface area contributed by atoms with Crippen LogP contribution >= 0.6 is 0 Å². The molecule has 1 aromatic rings. The lowest BCUT2D eigenvalue weighted by Gasteiger charge is -2.23. The van der Waals surface area contributed by atoms with Crippen LogP contribution < -0.4 is 15.4 Å². The average molecular weight is 221 g/mol. The zero-order valence-electron chi connectivity index (χ0n) is 9.70. The van der Waals surface area contributed by atoms with Gasteiger partial charge in [-0.05, 0) is 24.9 Å². The molecule has 2 rings (SSSR count). The Morgan fingerprint density at radius 1 is 1.56 bits per heavy atom. The lowest BCUT2D eigenvalue weighted by Crippen LogP contribution is -2.42. The standard InChI is InChI=1S/C12H19N3O/c1-16-12-5-4-10(8-15-12)7-14-11-3-2-6-13-9-11/h4-5,8,11,13-14H,2-3,6-7,9H2,1H3. The van der Waals surface area contributed by atoms with E-state index in [2.05, 4.69) is 21.7 Å². The Bertz CT molecular complexity index is 307. The normalized spacial score (nSPS) is 20.7. The molecule has 0 radical (unpaired) electrons. The summed E-state index contributed by atoms with van der Waals surface area (Å²) in [6, 6.07) is 4.54. The number of rotatable bonds is 4. The van der Waals surface area contributed by atoms with Crippen LogP contribution in [0.5, 0.6) is 5.88 Å². The molecule has 1 saturated heterocycles. The molecule has 2 N–H and O–H groups in total. The number of hydrogen-bond acceptors (Lipinski definition) is 4. The maximum Gasteiger partial charge on any atom is 0.212 e. The number of piperidine rings is 1. The second-order valence-corrected chi connectivity index (χ2v) is 4.13. The summed E-state index contributed by atoms with van der Waals surface area (Å²) >= 11 is 0. The summed E-state index contributed by atoms with van der Waals surface area (Å²) in [6.45, 7) is 3.11. The number of aromatic nitrogens is 1. The number of methoxy groups -OCH3 is 1. The van der Waals surface area contributed by atoms with Gasteiger partial charge in [-0.3, -0.25) is 0 Å². The van der Waals surface area contributed by atoms with Crippen LogP contribution in [0.15, 0.2) is 18.3 Å². The quantitative estimate of drug-likeness (QED) is 0.794. The second-order valence-electron chi connectivity index (χ2n) is 4.13. The summed E-state index contributed by atoms with van der Waals surface area (Å²) in [5.41, 5.74) is 1.20. The zero-order chi connectivity index (χ0) is 11.2. The minimum Gasteiger partial charge on any atom is -0.481 e. The van der Waals surface area contributed by atoms with Gasteiger partial charge in [0.1, 0.15) is 0 Å². The second kappa shape index (κ2) is 5.82.